The third-order valence-electron chi connectivity index (χ3n) is 1.51. The molecular weight excluding hydrogens is 248 g/mol. The molecule has 0 heterocycles. The van der Waals surface area contributed by atoms with Crippen LogP contribution in [-0.2, 0) is 28.5 Å². The van der Waals surface area contributed by atoms with Gasteiger partial charge in [-0.3, -0.25) is 4.79 Å². The highest BCUT2D eigenvalue weighted by molar-refractivity contribution is 7.98. The van der Waals surface area contributed by atoms with E-state index in [2.05, 4.69) is 9.47 Å². The molecule has 0 radical (unpaired) electrons. The maximum Gasteiger partial charge on any atom is 0.334 e. The Bertz CT molecular complexity index is 221. The molecule has 0 atom stereocenters. The van der Waals surface area contributed by atoms with Crippen molar-refractivity contribution in [1.82, 2.24) is 0 Å². The molecular formula is C10H18O6S. The quantitative estimate of drug-likeness (QED) is 0.323. The van der Waals surface area contributed by atoms with E-state index in [0.717, 1.165) is 5.75 Å². The molecule has 0 rings (SSSR count). The molecule has 100 valence electrons. The fraction of sp³-hybridized carbons (Fsp3) is 0.800. The Hall–Kier alpha value is -0.790. The van der Waals surface area contributed by atoms with E-state index >= 15 is 0 Å². The predicted molar refractivity (Wildman–Crippen MR) is 62.7 cm³/mol. The molecule has 0 aromatic carbocycles. The first kappa shape index (κ1) is 16.2. The molecule has 0 aromatic heterocycles. The summed E-state index contributed by atoms with van der Waals surface area (Å²) < 4.78 is 19.2. The minimum Gasteiger partial charge on any atom is -0.428 e. The lowest BCUT2D eigenvalue weighted by Crippen LogP contribution is -2.17. The Morgan fingerprint density at radius 2 is 1.76 bits per heavy atom. The van der Waals surface area contributed by atoms with Crippen LogP contribution in [0.5, 0.6) is 0 Å². The Balaban J connectivity index is 3.19. The molecule has 0 fully saturated rings. The number of carbonyl (C=O) groups excluding carboxylic acids is 2. The SMILES string of the molecule is CSCCOCCOCC(=O)OCOC(C)=O. The Morgan fingerprint density at radius 1 is 1.06 bits per heavy atom. The number of hydrogen-bond acceptors (Lipinski definition) is 7. The smallest absolute Gasteiger partial charge is 0.334 e. The van der Waals surface area contributed by atoms with Gasteiger partial charge in [-0.1, -0.05) is 0 Å². The molecule has 0 saturated carbocycles. The van der Waals surface area contributed by atoms with Crippen LogP contribution < -0.4 is 0 Å². The summed E-state index contributed by atoms with van der Waals surface area (Å²) in [5.74, 6) is -0.138. The maximum absolute atomic E-state index is 11.0. The van der Waals surface area contributed by atoms with Gasteiger partial charge in [-0.15, -0.1) is 0 Å². The summed E-state index contributed by atoms with van der Waals surface area (Å²) in [6.45, 7) is 2.13. The first-order chi connectivity index (χ1) is 8.16. The lowest BCUT2D eigenvalue weighted by molar-refractivity contribution is -0.169. The normalized spacial score (nSPS) is 10.0. The van der Waals surface area contributed by atoms with E-state index in [-0.39, 0.29) is 13.4 Å². The number of ether oxygens (including phenoxy) is 4. The highest BCUT2D eigenvalue weighted by Crippen LogP contribution is 1.90. The fourth-order valence-electron chi connectivity index (χ4n) is 0.738. The van der Waals surface area contributed by atoms with Crippen molar-refractivity contribution in [3.63, 3.8) is 0 Å². The summed E-state index contributed by atoms with van der Waals surface area (Å²) in [5.41, 5.74) is 0. The highest BCUT2D eigenvalue weighted by Gasteiger charge is 2.03. The molecule has 0 bridgehead atoms. The number of esters is 2. The molecule has 0 N–H and O–H groups in total. The van der Waals surface area contributed by atoms with Crippen LogP contribution in [0, 0.1) is 0 Å². The van der Waals surface area contributed by atoms with Crippen LogP contribution in [0.1, 0.15) is 6.92 Å². The van der Waals surface area contributed by atoms with E-state index in [1.165, 1.54) is 6.92 Å². The van der Waals surface area contributed by atoms with Crippen molar-refractivity contribution >= 4 is 23.7 Å². The van der Waals surface area contributed by atoms with Crippen LogP contribution in [0.15, 0.2) is 0 Å². The molecule has 6 nitrogen and oxygen atoms in total. The molecule has 0 unspecified atom stereocenters. The number of hydrogen-bond donors (Lipinski definition) is 0. The summed E-state index contributed by atoms with van der Waals surface area (Å²) in [7, 11) is 0. The average Bonchev–Trinajstić information content (AvgIpc) is 2.27. The summed E-state index contributed by atoms with van der Waals surface area (Å²) in [6, 6.07) is 0. The van der Waals surface area contributed by atoms with Crippen molar-refractivity contribution in [2.75, 3.05) is 45.2 Å². The van der Waals surface area contributed by atoms with E-state index < -0.39 is 11.9 Å². The van der Waals surface area contributed by atoms with E-state index in [4.69, 9.17) is 9.47 Å². The zero-order valence-electron chi connectivity index (χ0n) is 10.1. The van der Waals surface area contributed by atoms with Crippen molar-refractivity contribution in [1.29, 1.82) is 0 Å². The van der Waals surface area contributed by atoms with E-state index in [9.17, 15) is 9.59 Å². The van der Waals surface area contributed by atoms with E-state index in [0.29, 0.717) is 19.8 Å². The van der Waals surface area contributed by atoms with Crippen LogP contribution in [-0.4, -0.2) is 57.2 Å². The Morgan fingerprint density at radius 3 is 2.41 bits per heavy atom. The molecule has 0 aromatic rings. The van der Waals surface area contributed by atoms with Crippen molar-refractivity contribution in [3.05, 3.63) is 0 Å². The van der Waals surface area contributed by atoms with Gasteiger partial charge in [0.05, 0.1) is 19.8 Å². The molecule has 0 saturated heterocycles. The summed E-state index contributed by atoms with van der Waals surface area (Å²) in [5, 5.41) is 0. The average molecular weight is 266 g/mol. The second kappa shape index (κ2) is 11.7. The zero-order chi connectivity index (χ0) is 12.9. The van der Waals surface area contributed by atoms with Crippen LogP contribution in [0.3, 0.4) is 0 Å². The summed E-state index contributed by atoms with van der Waals surface area (Å²) in [6.07, 6.45) is 2.00. The minimum absolute atomic E-state index is 0.173. The number of thioether (sulfide) groups is 1. The van der Waals surface area contributed by atoms with Gasteiger partial charge in [0.25, 0.3) is 0 Å². The van der Waals surface area contributed by atoms with Crippen LogP contribution in [0.25, 0.3) is 0 Å². The monoisotopic (exact) mass is 266 g/mol. The largest absolute Gasteiger partial charge is 0.428 e. The second-order valence-corrected chi connectivity index (χ2v) is 3.91. The van der Waals surface area contributed by atoms with Gasteiger partial charge in [-0.2, -0.15) is 11.8 Å². The van der Waals surface area contributed by atoms with Crippen molar-refractivity contribution in [2.24, 2.45) is 0 Å². The van der Waals surface area contributed by atoms with E-state index in [1.54, 1.807) is 11.8 Å². The molecule has 0 aliphatic carbocycles. The van der Waals surface area contributed by atoms with Gasteiger partial charge in [0, 0.05) is 12.7 Å². The van der Waals surface area contributed by atoms with Gasteiger partial charge in [-0.05, 0) is 6.26 Å². The number of rotatable bonds is 10. The van der Waals surface area contributed by atoms with Crippen molar-refractivity contribution in [3.8, 4) is 0 Å². The van der Waals surface area contributed by atoms with Gasteiger partial charge >= 0.3 is 11.9 Å². The molecule has 0 spiro atoms. The fourth-order valence-corrected chi connectivity index (χ4v) is 1.02. The first-order valence-electron chi connectivity index (χ1n) is 5.10. The highest BCUT2D eigenvalue weighted by atomic mass is 32.2. The van der Waals surface area contributed by atoms with Crippen LogP contribution >= 0.6 is 11.8 Å². The van der Waals surface area contributed by atoms with Gasteiger partial charge in [-0.25, -0.2) is 4.79 Å². The lowest BCUT2D eigenvalue weighted by atomic mass is 10.7. The van der Waals surface area contributed by atoms with Crippen LogP contribution in [0.2, 0.25) is 0 Å². The van der Waals surface area contributed by atoms with Gasteiger partial charge in [0.15, 0.2) is 0 Å². The predicted octanol–water partition coefficient (Wildman–Crippen LogP) is 0.446. The molecule has 7 heteroatoms. The molecule has 0 aliphatic heterocycles. The Labute approximate surface area is 105 Å². The molecule has 17 heavy (non-hydrogen) atoms. The topological polar surface area (TPSA) is 71.1 Å². The third kappa shape index (κ3) is 13.1. The first-order valence-corrected chi connectivity index (χ1v) is 6.49. The minimum atomic E-state index is -0.574. The molecule has 0 aliphatic rings. The standard InChI is InChI=1S/C10H18O6S/c1-9(11)15-8-16-10(12)7-14-4-3-13-5-6-17-2/h3-8H2,1-2H3. The lowest BCUT2D eigenvalue weighted by Gasteiger charge is -2.06. The maximum atomic E-state index is 11.0. The van der Waals surface area contributed by atoms with Crippen molar-refractivity contribution < 1.29 is 28.5 Å². The zero-order valence-corrected chi connectivity index (χ0v) is 10.9. The van der Waals surface area contributed by atoms with Gasteiger partial charge in [0.1, 0.15) is 6.61 Å². The summed E-state index contributed by atoms with van der Waals surface area (Å²) in [4.78, 5) is 21.3. The number of carbonyl (C=O) groups is 2. The molecule has 0 amide bonds. The third-order valence-corrected chi connectivity index (χ3v) is 2.08. The second-order valence-electron chi connectivity index (χ2n) is 2.93. The van der Waals surface area contributed by atoms with E-state index in [1.807, 2.05) is 6.26 Å². The van der Waals surface area contributed by atoms with Gasteiger partial charge < -0.3 is 18.9 Å². The van der Waals surface area contributed by atoms with Gasteiger partial charge in [0.2, 0.25) is 6.79 Å². The summed E-state index contributed by atoms with van der Waals surface area (Å²) >= 11 is 1.70. The Kier molecular flexibility index (Phi) is 11.1. The van der Waals surface area contributed by atoms with Crippen LogP contribution in [0.4, 0.5) is 0 Å². The van der Waals surface area contributed by atoms with Crippen molar-refractivity contribution in [2.45, 2.75) is 6.92 Å².